The lowest BCUT2D eigenvalue weighted by Crippen LogP contribution is -2.38. The summed E-state index contributed by atoms with van der Waals surface area (Å²) in [7, 11) is 1.46. The van der Waals surface area contributed by atoms with Gasteiger partial charge >= 0.3 is 5.97 Å². The van der Waals surface area contributed by atoms with E-state index in [1.54, 1.807) is 11.3 Å². The summed E-state index contributed by atoms with van der Waals surface area (Å²) in [6, 6.07) is 0. The molecule has 1 fully saturated rings. The number of hydrogen-bond acceptors (Lipinski definition) is 5. The molecule has 2 rings (SSSR count). The highest BCUT2D eigenvalue weighted by Gasteiger charge is 2.26. The zero-order valence-corrected chi connectivity index (χ0v) is 10.2. The van der Waals surface area contributed by atoms with E-state index in [0.29, 0.717) is 0 Å². The number of likely N-dealkylation sites (tertiary alicyclic amines) is 1. The SMILES string of the molecule is COC(=O)[C@H]1CCCN(Cc2cscn2)C1. The van der Waals surface area contributed by atoms with Crippen LogP contribution < -0.4 is 0 Å². The minimum atomic E-state index is -0.0806. The fourth-order valence-corrected chi connectivity index (χ4v) is 2.65. The van der Waals surface area contributed by atoms with Gasteiger partial charge in [-0.1, -0.05) is 0 Å². The molecule has 1 atom stereocenters. The van der Waals surface area contributed by atoms with Crippen molar-refractivity contribution in [2.24, 2.45) is 5.92 Å². The Balaban J connectivity index is 1.89. The molecule has 0 radical (unpaired) electrons. The molecule has 1 aromatic heterocycles. The van der Waals surface area contributed by atoms with E-state index in [9.17, 15) is 4.79 Å². The van der Waals surface area contributed by atoms with Gasteiger partial charge in [0.1, 0.15) is 0 Å². The van der Waals surface area contributed by atoms with Crippen LogP contribution in [-0.2, 0) is 16.1 Å². The van der Waals surface area contributed by atoms with E-state index in [1.807, 2.05) is 5.51 Å². The number of hydrogen-bond donors (Lipinski definition) is 0. The van der Waals surface area contributed by atoms with E-state index in [2.05, 4.69) is 15.3 Å². The number of carbonyl (C=O) groups excluding carboxylic acids is 1. The number of esters is 1. The van der Waals surface area contributed by atoms with Crippen molar-refractivity contribution >= 4 is 17.3 Å². The summed E-state index contributed by atoms with van der Waals surface area (Å²) in [5, 5.41) is 2.06. The Hall–Kier alpha value is -0.940. The molecule has 5 heteroatoms. The average Bonchev–Trinajstić information content (AvgIpc) is 2.81. The van der Waals surface area contributed by atoms with Gasteiger partial charge in [-0.05, 0) is 19.4 Å². The molecular formula is C11H16N2O2S. The Morgan fingerprint density at radius 1 is 1.75 bits per heavy atom. The van der Waals surface area contributed by atoms with Crippen LogP contribution in [0.5, 0.6) is 0 Å². The van der Waals surface area contributed by atoms with Crippen LogP contribution >= 0.6 is 11.3 Å². The molecule has 0 bridgehead atoms. The molecule has 0 N–H and O–H groups in total. The van der Waals surface area contributed by atoms with Crippen molar-refractivity contribution in [3.63, 3.8) is 0 Å². The first-order valence-corrected chi connectivity index (χ1v) is 6.41. The molecule has 2 heterocycles. The van der Waals surface area contributed by atoms with E-state index < -0.39 is 0 Å². The summed E-state index contributed by atoms with van der Waals surface area (Å²) < 4.78 is 4.79. The second-order valence-corrected chi connectivity index (χ2v) is 4.80. The Labute approximate surface area is 99.2 Å². The van der Waals surface area contributed by atoms with Crippen LogP contribution in [0.2, 0.25) is 0 Å². The van der Waals surface area contributed by atoms with Crippen LogP contribution in [0.25, 0.3) is 0 Å². The lowest BCUT2D eigenvalue weighted by Gasteiger charge is -2.30. The molecule has 0 aliphatic carbocycles. The number of methoxy groups -OCH3 is 1. The van der Waals surface area contributed by atoms with Crippen LogP contribution in [0.15, 0.2) is 10.9 Å². The van der Waals surface area contributed by atoms with E-state index in [1.165, 1.54) is 7.11 Å². The van der Waals surface area contributed by atoms with Crippen LogP contribution in [0.4, 0.5) is 0 Å². The van der Waals surface area contributed by atoms with Gasteiger partial charge in [0.25, 0.3) is 0 Å². The van der Waals surface area contributed by atoms with E-state index in [0.717, 1.165) is 38.2 Å². The number of piperidine rings is 1. The summed E-state index contributed by atoms with van der Waals surface area (Å²) in [5.41, 5.74) is 2.94. The van der Waals surface area contributed by atoms with Gasteiger partial charge in [-0.3, -0.25) is 9.69 Å². The Kier molecular flexibility index (Phi) is 3.90. The molecular weight excluding hydrogens is 224 g/mol. The molecule has 16 heavy (non-hydrogen) atoms. The molecule has 1 aliphatic heterocycles. The molecule has 88 valence electrons. The highest BCUT2D eigenvalue weighted by Crippen LogP contribution is 2.19. The van der Waals surface area contributed by atoms with E-state index in [4.69, 9.17) is 4.74 Å². The minimum absolute atomic E-state index is 0.0392. The van der Waals surface area contributed by atoms with Gasteiger partial charge < -0.3 is 4.74 Å². The van der Waals surface area contributed by atoms with Crippen LogP contribution in [-0.4, -0.2) is 36.1 Å². The number of aromatic nitrogens is 1. The van der Waals surface area contributed by atoms with Gasteiger partial charge in [0.2, 0.25) is 0 Å². The van der Waals surface area contributed by atoms with Crippen LogP contribution in [0.1, 0.15) is 18.5 Å². The summed E-state index contributed by atoms with van der Waals surface area (Å²) in [5.74, 6) is -0.0413. The van der Waals surface area contributed by atoms with E-state index >= 15 is 0 Å². The maximum atomic E-state index is 11.5. The maximum absolute atomic E-state index is 11.5. The minimum Gasteiger partial charge on any atom is -0.469 e. The fourth-order valence-electron chi connectivity index (χ4n) is 2.10. The predicted molar refractivity (Wildman–Crippen MR) is 62.1 cm³/mol. The van der Waals surface area contributed by atoms with Gasteiger partial charge in [0, 0.05) is 18.5 Å². The lowest BCUT2D eigenvalue weighted by atomic mass is 9.98. The van der Waals surface area contributed by atoms with Crippen LogP contribution in [0, 0.1) is 5.92 Å². The van der Waals surface area contributed by atoms with Crippen molar-refractivity contribution < 1.29 is 9.53 Å². The first-order valence-electron chi connectivity index (χ1n) is 5.47. The van der Waals surface area contributed by atoms with Crippen molar-refractivity contribution in [1.29, 1.82) is 0 Å². The second-order valence-electron chi connectivity index (χ2n) is 4.08. The third-order valence-electron chi connectivity index (χ3n) is 2.91. The fraction of sp³-hybridized carbons (Fsp3) is 0.636. The third kappa shape index (κ3) is 2.80. The standard InChI is InChI=1S/C11H16N2O2S/c1-15-11(14)9-3-2-4-13(5-9)6-10-7-16-8-12-10/h7-9H,2-6H2,1H3/t9-/m0/s1. The maximum Gasteiger partial charge on any atom is 0.309 e. The summed E-state index contributed by atoms with van der Waals surface area (Å²) in [6.07, 6.45) is 2.00. The Morgan fingerprint density at radius 2 is 2.62 bits per heavy atom. The van der Waals surface area contributed by atoms with Gasteiger partial charge in [-0.2, -0.15) is 0 Å². The smallest absolute Gasteiger partial charge is 0.309 e. The molecule has 1 aromatic rings. The normalized spacial score (nSPS) is 21.9. The summed E-state index contributed by atoms with van der Waals surface area (Å²) in [6.45, 7) is 2.69. The lowest BCUT2D eigenvalue weighted by molar-refractivity contribution is -0.147. The van der Waals surface area contributed by atoms with Crippen molar-refractivity contribution in [2.45, 2.75) is 19.4 Å². The van der Waals surface area contributed by atoms with Gasteiger partial charge in [-0.25, -0.2) is 4.98 Å². The first kappa shape index (κ1) is 11.5. The largest absolute Gasteiger partial charge is 0.469 e. The molecule has 4 nitrogen and oxygen atoms in total. The van der Waals surface area contributed by atoms with Gasteiger partial charge in [0.15, 0.2) is 0 Å². The highest BCUT2D eigenvalue weighted by atomic mass is 32.1. The molecule has 0 aromatic carbocycles. The molecule has 0 amide bonds. The Bertz CT molecular complexity index is 340. The van der Waals surface area contributed by atoms with Gasteiger partial charge in [0.05, 0.1) is 24.2 Å². The number of ether oxygens (including phenoxy) is 1. The third-order valence-corrected chi connectivity index (χ3v) is 3.54. The van der Waals surface area contributed by atoms with Crippen molar-refractivity contribution in [3.05, 3.63) is 16.6 Å². The molecule has 1 aliphatic rings. The van der Waals surface area contributed by atoms with Crippen molar-refractivity contribution in [2.75, 3.05) is 20.2 Å². The molecule has 0 unspecified atom stereocenters. The molecule has 0 spiro atoms. The molecule has 0 saturated carbocycles. The summed E-state index contributed by atoms with van der Waals surface area (Å²) >= 11 is 1.61. The monoisotopic (exact) mass is 240 g/mol. The number of carbonyl (C=O) groups is 1. The quantitative estimate of drug-likeness (QED) is 0.751. The zero-order chi connectivity index (χ0) is 11.4. The van der Waals surface area contributed by atoms with Gasteiger partial charge in [-0.15, -0.1) is 11.3 Å². The average molecular weight is 240 g/mol. The Morgan fingerprint density at radius 3 is 3.31 bits per heavy atom. The predicted octanol–water partition coefficient (Wildman–Crippen LogP) is 1.53. The summed E-state index contributed by atoms with van der Waals surface area (Å²) in [4.78, 5) is 18.0. The number of nitrogens with zero attached hydrogens (tertiary/aromatic N) is 2. The molecule has 1 saturated heterocycles. The number of thiazole rings is 1. The van der Waals surface area contributed by atoms with Crippen molar-refractivity contribution in [1.82, 2.24) is 9.88 Å². The second kappa shape index (κ2) is 5.41. The topological polar surface area (TPSA) is 42.4 Å². The zero-order valence-electron chi connectivity index (χ0n) is 9.39. The highest BCUT2D eigenvalue weighted by molar-refractivity contribution is 7.07. The van der Waals surface area contributed by atoms with E-state index in [-0.39, 0.29) is 11.9 Å². The number of rotatable bonds is 3. The van der Waals surface area contributed by atoms with Crippen LogP contribution in [0.3, 0.4) is 0 Å². The van der Waals surface area contributed by atoms with Crippen molar-refractivity contribution in [3.8, 4) is 0 Å². The first-order chi connectivity index (χ1) is 7.79.